The number of methoxy groups -OCH3 is 1. The number of hydrazine groups is 1. The Bertz CT molecular complexity index is 2590. The molecule has 6 atom stereocenters. The lowest BCUT2D eigenvalue weighted by Crippen LogP contribution is -2.67. The first-order chi connectivity index (χ1) is 32.0. The van der Waals surface area contributed by atoms with Crippen molar-refractivity contribution in [3.8, 4) is 28.1 Å². The van der Waals surface area contributed by atoms with Crippen LogP contribution in [0.2, 0.25) is 0 Å². The van der Waals surface area contributed by atoms with Crippen LogP contribution < -0.4 is 16.1 Å². The molecule has 67 heavy (non-hydrogen) atoms. The first-order valence-corrected chi connectivity index (χ1v) is 24.7. The van der Waals surface area contributed by atoms with Crippen LogP contribution in [0.4, 0.5) is 0 Å². The summed E-state index contributed by atoms with van der Waals surface area (Å²) in [5, 5.41) is 22.2. The summed E-state index contributed by atoms with van der Waals surface area (Å²) in [4.78, 5) is 65.6. The number of amides is 3. The van der Waals surface area contributed by atoms with Crippen molar-refractivity contribution in [1.82, 2.24) is 35.5 Å². The second-order valence-electron chi connectivity index (χ2n) is 20.0. The van der Waals surface area contributed by atoms with E-state index in [1.807, 2.05) is 51.4 Å². The van der Waals surface area contributed by atoms with E-state index in [9.17, 15) is 19.5 Å². The van der Waals surface area contributed by atoms with E-state index in [0.717, 1.165) is 68.7 Å². The summed E-state index contributed by atoms with van der Waals surface area (Å²) in [6.07, 6.45) is 5.52. The molecule has 6 bridgehead atoms. The Morgan fingerprint density at radius 2 is 1.87 bits per heavy atom. The number of phenolic OH excluding ortho intramolecular Hbond substituents is 1. The number of ether oxygens (including phenoxy) is 2. The lowest BCUT2D eigenvalue weighted by atomic mass is 9.83. The molecule has 0 spiro atoms. The smallest absolute Gasteiger partial charge is 0.333 e. The van der Waals surface area contributed by atoms with Crippen molar-refractivity contribution in [2.45, 2.75) is 123 Å². The van der Waals surface area contributed by atoms with Gasteiger partial charge in [0.1, 0.15) is 17.8 Å². The van der Waals surface area contributed by atoms with Crippen LogP contribution in [0.3, 0.4) is 0 Å². The number of aromatic hydroxyl groups is 1. The van der Waals surface area contributed by atoms with E-state index in [1.165, 1.54) is 16.8 Å². The topological polar surface area (TPSA) is 167 Å². The van der Waals surface area contributed by atoms with Gasteiger partial charge in [-0.05, 0) is 123 Å². The molecular formula is C52H67N7O7S. The number of esters is 1. The Hall–Kier alpha value is -5.22. The number of fused-ring (bicyclic) bond motifs is 6. The van der Waals surface area contributed by atoms with Crippen molar-refractivity contribution in [3.63, 3.8) is 0 Å². The summed E-state index contributed by atoms with van der Waals surface area (Å²) < 4.78 is 14.5. The summed E-state index contributed by atoms with van der Waals surface area (Å²) in [5.41, 5.74) is 8.56. The minimum absolute atomic E-state index is 0.0119. The van der Waals surface area contributed by atoms with E-state index in [2.05, 4.69) is 59.6 Å². The molecule has 4 aliphatic rings. The fraction of sp³-hybridized carbons (Fsp3) is 0.519. The lowest BCUT2D eigenvalue weighted by Gasteiger charge is -2.42. The monoisotopic (exact) mass is 933 g/mol. The van der Waals surface area contributed by atoms with E-state index in [-0.39, 0.29) is 55.2 Å². The van der Waals surface area contributed by atoms with Crippen LogP contribution in [-0.2, 0) is 48.0 Å². The molecule has 2 aromatic heterocycles. The second kappa shape index (κ2) is 19.4. The van der Waals surface area contributed by atoms with Gasteiger partial charge in [-0.15, -0.1) is 0 Å². The van der Waals surface area contributed by atoms with Crippen molar-refractivity contribution in [3.05, 3.63) is 81.9 Å². The largest absolute Gasteiger partial charge is 0.508 e. The number of carbonyl (C=O) groups excluding carboxylic acids is 4. The van der Waals surface area contributed by atoms with E-state index >= 15 is 4.79 Å². The summed E-state index contributed by atoms with van der Waals surface area (Å²) in [6.45, 7) is 13.2. The molecule has 3 aliphatic heterocycles. The first-order valence-electron chi connectivity index (χ1n) is 23.8. The van der Waals surface area contributed by atoms with E-state index in [0.29, 0.717) is 31.4 Å². The summed E-state index contributed by atoms with van der Waals surface area (Å²) in [5.74, 6) is -2.00. The number of hydrogen-bond donors (Lipinski definition) is 4. The number of benzene rings is 2. The van der Waals surface area contributed by atoms with E-state index in [1.54, 1.807) is 37.4 Å². The van der Waals surface area contributed by atoms with Gasteiger partial charge < -0.3 is 34.7 Å². The van der Waals surface area contributed by atoms with Crippen LogP contribution in [-0.4, -0.2) is 106 Å². The quantitative estimate of drug-likeness (QED) is 0.112. The molecule has 358 valence electrons. The lowest BCUT2D eigenvalue weighted by molar-refractivity contribution is -0.160. The van der Waals surface area contributed by atoms with Crippen molar-refractivity contribution in [1.29, 1.82) is 0 Å². The third kappa shape index (κ3) is 9.49. The highest BCUT2D eigenvalue weighted by Gasteiger charge is 2.52. The average Bonchev–Trinajstić information content (AvgIpc) is 3.99. The van der Waals surface area contributed by atoms with Crippen molar-refractivity contribution in [2.75, 3.05) is 34.4 Å². The SMILES string of the molecule is CCn1c(-c2cccnc2[C@H](C)OC)c2c3cc(ccc31)-c1cc(O)cc(c1)C[C@H](NC(=O)[C@H](C(C)C)N(C)C(=O)[C@H]1CCC[C@H]1NC)C(=O)N1CCC[C@@](C3=CS3)(N1)C(=O)OCC(C)(C)C2. The zero-order valence-electron chi connectivity index (χ0n) is 40.4. The molecule has 1 saturated carbocycles. The number of hydrogen-bond acceptors (Lipinski definition) is 11. The predicted molar refractivity (Wildman–Crippen MR) is 262 cm³/mol. The molecule has 1 aliphatic carbocycles. The van der Waals surface area contributed by atoms with Gasteiger partial charge in [0.15, 0.2) is 5.54 Å². The molecule has 2 fully saturated rings. The molecule has 1 saturated heterocycles. The van der Waals surface area contributed by atoms with Crippen LogP contribution in [0.25, 0.3) is 33.3 Å². The summed E-state index contributed by atoms with van der Waals surface area (Å²) >= 11 is 1.45. The zero-order chi connectivity index (χ0) is 47.9. The van der Waals surface area contributed by atoms with Crippen molar-refractivity contribution >= 4 is 46.4 Å². The van der Waals surface area contributed by atoms with Crippen LogP contribution in [0.15, 0.2) is 65.0 Å². The highest BCUT2D eigenvalue weighted by molar-refractivity contribution is 8.12. The molecule has 14 nitrogen and oxygen atoms in total. The Morgan fingerprint density at radius 3 is 2.57 bits per heavy atom. The van der Waals surface area contributed by atoms with Gasteiger partial charge >= 0.3 is 5.97 Å². The van der Waals surface area contributed by atoms with Crippen LogP contribution in [0.5, 0.6) is 5.75 Å². The van der Waals surface area contributed by atoms with Gasteiger partial charge in [-0.2, -0.15) is 0 Å². The highest BCUT2D eigenvalue weighted by Crippen LogP contribution is 2.48. The van der Waals surface area contributed by atoms with Gasteiger partial charge in [0.25, 0.3) is 5.91 Å². The van der Waals surface area contributed by atoms with E-state index < -0.39 is 40.8 Å². The minimum Gasteiger partial charge on any atom is -0.508 e. The van der Waals surface area contributed by atoms with Crippen LogP contribution in [0, 0.1) is 17.3 Å². The van der Waals surface area contributed by atoms with Gasteiger partial charge in [0, 0.05) is 72.7 Å². The van der Waals surface area contributed by atoms with Gasteiger partial charge in [0.2, 0.25) is 11.8 Å². The number of carbonyl (C=O) groups is 4. The maximum atomic E-state index is 15.1. The van der Waals surface area contributed by atoms with E-state index in [4.69, 9.17) is 14.5 Å². The molecule has 3 amide bonds. The zero-order valence-corrected chi connectivity index (χ0v) is 41.2. The standard InChI is InChI=1S/C52H67N7O7S/c1-10-58-42-18-17-33-26-38(42)39(46(58)37-15-12-20-54-44(37)31(4)65-9)27-51(5,6)29-66-50(64)52(43-28-67-43)19-13-21-59(56-52)49(63)41(24-32-22-34(33)25-35(60)23-32)55-47(61)45(30(2)3)57(8)48(62)36-14-11-16-40(36)53-7/h12,15,17-18,20,22-23,25-26,28,30-31,36,40-41,45,53,56,60H,10-11,13-14,16,19,21,24,27,29H2,1-9H3,(H,55,61)/t31-,36-,40+,41-,45-,52-/m0/s1. The second-order valence-corrected chi connectivity index (χ2v) is 20.9. The summed E-state index contributed by atoms with van der Waals surface area (Å²) in [7, 11) is 5.22. The number of rotatable bonds is 11. The molecule has 4 aromatic rings. The maximum absolute atomic E-state index is 15.1. The number of likely N-dealkylation sites (N-methyl/N-ethyl adjacent to an activating group) is 1. The third-order valence-electron chi connectivity index (χ3n) is 14.3. The first kappa shape index (κ1) is 48.2. The number of phenols is 1. The Balaban J connectivity index is 1.25. The summed E-state index contributed by atoms with van der Waals surface area (Å²) in [6, 6.07) is 13.7. The number of pyridine rings is 1. The predicted octanol–water partition coefficient (Wildman–Crippen LogP) is 7.28. The normalized spacial score (nSPS) is 23.9. The average molecular weight is 934 g/mol. The Morgan fingerprint density at radius 1 is 1.09 bits per heavy atom. The third-order valence-corrected chi connectivity index (χ3v) is 15.2. The highest BCUT2D eigenvalue weighted by atomic mass is 32.2. The van der Waals surface area contributed by atoms with Crippen LogP contribution >= 0.6 is 11.8 Å². The maximum Gasteiger partial charge on any atom is 0.333 e. The number of aromatic nitrogens is 2. The van der Waals surface area contributed by atoms with Crippen molar-refractivity contribution < 1.29 is 33.8 Å². The molecule has 0 unspecified atom stereocenters. The molecule has 5 heterocycles. The molecule has 15 heteroatoms. The molecule has 8 rings (SSSR count). The number of thioether (sulfide) groups is 1. The number of nitrogens with zero attached hydrogens (tertiary/aromatic N) is 4. The molecule has 4 N–H and O–H groups in total. The molecule has 0 radical (unpaired) electrons. The van der Waals surface area contributed by atoms with Crippen molar-refractivity contribution in [2.24, 2.45) is 17.3 Å². The Labute approximate surface area is 398 Å². The minimum atomic E-state index is -1.30. The van der Waals surface area contributed by atoms with Gasteiger partial charge in [0.05, 0.1) is 30.0 Å². The molecular weight excluding hydrogens is 867 g/mol. The fourth-order valence-electron chi connectivity index (χ4n) is 10.8. The Kier molecular flexibility index (Phi) is 14.0. The fourth-order valence-corrected chi connectivity index (χ4v) is 11.5. The van der Waals surface area contributed by atoms with Gasteiger partial charge in [-0.3, -0.25) is 24.4 Å². The number of nitrogens with one attached hydrogen (secondary N) is 3. The van der Waals surface area contributed by atoms with Gasteiger partial charge in [-0.25, -0.2) is 10.2 Å². The van der Waals surface area contributed by atoms with Crippen LogP contribution in [0.1, 0.15) is 96.6 Å². The number of cyclic esters (lactones) is 1. The molecule has 2 aromatic carbocycles. The van der Waals surface area contributed by atoms with Gasteiger partial charge in [-0.1, -0.05) is 58.0 Å². The number of aryl methyl sites for hydroxylation is 1.